The summed E-state index contributed by atoms with van der Waals surface area (Å²) in [6.07, 6.45) is 0. The van der Waals surface area contributed by atoms with Gasteiger partial charge in [0.05, 0.1) is 18.5 Å². The van der Waals surface area contributed by atoms with E-state index in [2.05, 4.69) is 15.4 Å². The lowest BCUT2D eigenvalue weighted by Gasteiger charge is -2.16. The number of para-hydroxylation sites is 2. The molecule has 2 rings (SSSR count). The van der Waals surface area contributed by atoms with E-state index in [0.717, 1.165) is 5.56 Å². The SMILES string of the molecule is COc1ccccc1NC(=S)Nc1cc(C)ccc1OC(F)F. The van der Waals surface area contributed by atoms with Gasteiger partial charge < -0.3 is 20.1 Å². The van der Waals surface area contributed by atoms with Gasteiger partial charge in [-0.25, -0.2) is 0 Å². The molecule has 0 aromatic heterocycles. The van der Waals surface area contributed by atoms with Gasteiger partial charge in [0.2, 0.25) is 0 Å². The Hall–Kier alpha value is -2.41. The number of thiocarbonyl (C=S) groups is 1. The van der Waals surface area contributed by atoms with Crippen LogP contribution >= 0.6 is 12.2 Å². The molecule has 4 nitrogen and oxygen atoms in total. The van der Waals surface area contributed by atoms with Gasteiger partial charge in [0, 0.05) is 0 Å². The average molecular weight is 338 g/mol. The first-order valence-corrected chi connectivity index (χ1v) is 7.17. The first-order chi connectivity index (χ1) is 11.0. The van der Waals surface area contributed by atoms with Crippen LogP contribution in [0.25, 0.3) is 0 Å². The summed E-state index contributed by atoms with van der Waals surface area (Å²) >= 11 is 5.22. The highest BCUT2D eigenvalue weighted by atomic mass is 32.1. The smallest absolute Gasteiger partial charge is 0.387 e. The molecule has 0 radical (unpaired) electrons. The maximum absolute atomic E-state index is 12.5. The van der Waals surface area contributed by atoms with E-state index in [0.29, 0.717) is 17.1 Å². The third kappa shape index (κ3) is 4.79. The lowest BCUT2D eigenvalue weighted by atomic mass is 10.2. The molecule has 122 valence electrons. The summed E-state index contributed by atoms with van der Waals surface area (Å²) in [6, 6.07) is 12.0. The van der Waals surface area contributed by atoms with Crippen molar-refractivity contribution in [2.24, 2.45) is 0 Å². The molecule has 0 bridgehead atoms. The van der Waals surface area contributed by atoms with Gasteiger partial charge in [0.25, 0.3) is 0 Å². The van der Waals surface area contributed by atoms with Crippen LogP contribution < -0.4 is 20.1 Å². The summed E-state index contributed by atoms with van der Waals surface area (Å²) in [6.45, 7) is -1.07. The van der Waals surface area contributed by atoms with Crippen LogP contribution in [-0.4, -0.2) is 18.8 Å². The molecule has 2 N–H and O–H groups in total. The minimum absolute atomic E-state index is 0.0229. The van der Waals surface area contributed by atoms with Crippen molar-refractivity contribution in [1.82, 2.24) is 0 Å². The largest absolute Gasteiger partial charge is 0.495 e. The quantitative estimate of drug-likeness (QED) is 0.790. The fourth-order valence-electron chi connectivity index (χ4n) is 1.96. The highest BCUT2D eigenvalue weighted by Crippen LogP contribution is 2.28. The Balaban J connectivity index is 2.15. The van der Waals surface area contributed by atoms with Crippen LogP contribution in [0.2, 0.25) is 0 Å². The Morgan fingerprint density at radius 2 is 1.74 bits per heavy atom. The lowest BCUT2D eigenvalue weighted by Crippen LogP contribution is -2.20. The fraction of sp³-hybridized carbons (Fsp3) is 0.188. The summed E-state index contributed by atoms with van der Waals surface area (Å²) in [5, 5.41) is 6.06. The van der Waals surface area contributed by atoms with Crippen LogP contribution in [0.4, 0.5) is 20.2 Å². The second-order valence-electron chi connectivity index (χ2n) is 4.66. The van der Waals surface area contributed by atoms with E-state index in [9.17, 15) is 8.78 Å². The lowest BCUT2D eigenvalue weighted by molar-refractivity contribution is -0.0493. The zero-order valence-electron chi connectivity index (χ0n) is 12.6. The third-order valence-electron chi connectivity index (χ3n) is 2.95. The van der Waals surface area contributed by atoms with Crippen molar-refractivity contribution >= 4 is 28.7 Å². The number of alkyl halides is 2. The van der Waals surface area contributed by atoms with Crippen molar-refractivity contribution in [1.29, 1.82) is 0 Å². The maximum Gasteiger partial charge on any atom is 0.387 e. The first-order valence-electron chi connectivity index (χ1n) is 6.76. The van der Waals surface area contributed by atoms with Gasteiger partial charge in [0.1, 0.15) is 11.5 Å². The molecule has 7 heteroatoms. The summed E-state index contributed by atoms with van der Waals surface area (Å²) in [7, 11) is 1.55. The monoisotopic (exact) mass is 338 g/mol. The topological polar surface area (TPSA) is 42.5 Å². The van der Waals surface area contributed by atoms with Gasteiger partial charge in [-0.05, 0) is 49.0 Å². The molecule has 0 saturated heterocycles. The second-order valence-corrected chi connectivity index (χ2v) is 5.07. The molecule has 0 atom stereocenters. The number of rotatable bonds is 5. The van der Waals surface area contributed by atoms with Crippen LogP contribution in [0.1, 0.15) is 5.56 Å². The predicted molar refractivity (Wildman–Crippen MR) is 90.6 cm³/mol. The molecule has 0 aliphatic carbocycles. The third-order valence-corrected chi connectivity index (χ3v) is 3.16. The van der Waals surface area contributed by atoms with Gasteiger partial charge >= 0.3 is 6.61 Å². The van der Waals surface area contributed by atoms with E-state index in [1.807, 2.05) is 19.1 Å². The molecule has 23 heavy (non-hydrogen) atoms. The van der Waals surface area contributed by atoms with E-state index in [4.69, 9.17) is 17.0 Å². The van der Waals surface area contributed by atoms with E-state index in [-0.39, 0.29) is 10.9 Å². The van der Waals surface area contributed by atoms with E-state index in [1.165, 1.54) is 6.07 Å². The van der Waals surface area contributed by atoms with Crippen molar-refractivity contribution < 1.29 is 18.3 Å². The standard InChI is InChI=1S/C16H16F2N2O2S/c1-10-7-8-14(22-15(17)18)12(9-10)20-16(23)19-11-5-3-4-6-13(11)21-2/h3-9,15H,1-2H3,(H2,19,20,23). The predicted octanol–water partition coefficient (Wildman–Crippen LogP) is 4.41. The van der Waals surface area contributed by atoms with E-state index >= 15 is 0 Å². The zero-order chi connectivity index (χ0) is 16.8. The number of benzene rings is 2. The number of methoxy groups -OCH3 is 1. The van der Waals surface area contributed by atoms with Gasteiger partial charge in [-0.15, -0.1) is 0 Å². The summed E-state index contributed by atoms with van der Waals surface area (Å²) < 4.78 is 34.6. The van der Waals surface area contributed by atoms with Crippen LogP contribution in [0.15, 0.2) is 42.5 Å². The van der Waals surface area contributed by atoms with Crippen LogP contribution in [0.5, 0.6) is 11.5 Å². The number of nitrogens with one attached hydrogen (secondary N) is 2. The summed E-state index contributed by atoms with van der Waals surface area (Å²) in [4.78, 5) is 0. The molecule has 0 aliphatic rings. The minimum Gasteiger partial charge on any atom is -0.495 e. The number of anilines is 2. The number of ether oxygens (including phenoxy) is 2. The van der Waals surface area contributed by atoms with Gasteiger partial charge in [-0.1, -0.05) is 18.2 Å². The number of halogens is 2. The Labute approximate surface area is 138 Å². The average Bonchev–Trinajstić information content (AvgIpc) is 2.50. The highest BCUT2D eigenvalue weighted by Gasteiger charge is 2.12. The van der Waals surface area contributed by atoms with Crippen molar-refractivity contribution in [3.63, 3.8) is 0 Å². The molecule has 2 aromatic rings. The Morgan fingerprint density at radius 1 is 1.04 bits per heavy atom. The molecule has 0 aliphatic heterocycles. The number of hydrogen-bond acceptors (Lipinski definition) is 3. The Bertz CT molecular complexity index is 696. The van der Waals surface area contributed by atoms with Crippen molar-refractivity contribution in [3.05, 3.63) is 48.0 Å². The molecule has 2 aromatic carbocycles. The number of aryl methyl sites for hydroxylation is 1. The van der Waals surface area contributed by atoms with Gasteiger partial charge in [-0.2, -0.15) is 8.78 Å². The second kappa shape index (κ2) is 7.73. The van der Waals surface area contributed by atoms with E-state index < -0.39 is 6.61 Å². The fourth-order valence-corrected chi connectivity index (χ4v) is 2.18. The molecule has 0 heterocycles. The number of hydrogen-bond donors (Lipinski definition) is 2. The van der Waals surface area contributed by atoms with Crippen LogP contribution in [0, 0.1) is 6.92 Å². The van der Waals surface area contributed by atoms with Crippen LogP contribution in [0.3, 0.4) is 0 Å². The first kappa shape index (κ1) is 17.0. The molecular formula is C16H16F2N2O2S. The Kier molecular flexibility index (Phi) is 5.70. The van der Waals surface area contributed by atoms with Crippen molar-refractivity contribution in [2.75, 3.05) is 17.7 Å². The van der Waals surface area contributed by atoms with Crippen LogP contribution in [-0.2, 0) is 0 Å². The van der Waals surface area contributed by atoms with Gasteiger partial charge in [-0.3, -0.25) is 0 Å². The zero-order valence-corrected chi connectivity index (χ0v) is 13.4. The molecule has 0 saturated carbocycles. The van der Waals surface area contributed by atoms with Crippen molar-refractivity contribution in [2.45, 2.75) is 13.5 Å². The molecule has 0 amide bonds. The molecule has 0 fully saturated rings. The normalized spacial score (nSPS) is 10.3. The molecular weight excluding hydrogens is 322 g/mol. The molecule has 0 unspecified atom stereocenters. The van der Waals surface area contributed by atoms with E-state index in [1.54, 1.807) is 31.4 Å². The van der Waals surface area contributed by atoms with Gasteiger partial charge in [0.15, 0.2) is 5.11 Å². The van der Waals surface area contributed by atoms with Crippen molar-refractivity contribution in [3.8, 4) is 11.5 Å². The highest BCUT2D eigenvalue weighted by molar-refractivity contribution is 7.80. The maximum atomic E-state index is 12.5. The summed E-state index contributed by atoms with van der Waals surface area (Å²) in [5.74, 6) is 0.639. The summed E-state index contributed by atoms with van der Waals surface area (Å²) in [5.41, 5.74) is 1.91. The Morgan fingerprint density at radius 3 is 2.43 bits per heavy atom. The minimum atomic E-state index is -2.91. The molecule has 0 spiro atoms.